The number of halogens is 1. The minimum atomic E-state index is -0.683. The van der Waals surface area contributed by atoms with E-state index in [-0.39, 0.29) is 0 Å². The van der Waals surface area contributed by atoms with Gasteiger partial charge in [0, 0.05) is 12.4 Å². The molecule has 0 saturated heterocycles. The molecule has 3 N–H and O–H groups in total. The van der Waals surface area contributed by atoms with Crippen LogP contribution < -0.4 is 20.5 Å². The van der Waals surface area contributed by atoms with Gasteiger partial charge in [0.15, 0.2) is 0 Å². The number of likely N-dealkylation sites (N-methyl/N-ethyl adjacent to an activating group) is 1. The van der Waals surface area contributed by atoms with Crippen molar-refractivity contribution in [1.82, 2.24) is 5.32 Å². The van der Waals surface area contributed by atoms with Crippen LogP contribution in [0.4, 0.5) is 0 Å². The standard InChI is InChI=1S/C28H31ClN2O3/c1-20(30)28(32)34-25-14-10-23(11-15-25)27(26(16-17-29)21-6-4-3-5-7-21)22-8-12-24(13-9-22)33-19-18-31-2/h3-15,20,31H,16-19,30H2,1-2H3/b27-26+/t20-/m0/s1. The van der Waals surface area contributed by atoms with Crippen LogP contribution in [0.25, 0.3) is 11.1 Å². The van der Waals surface area contributed by atoms with E-state index in [0.29, 0.717) is 24.7 Å². The van der Waals surface area contributed by atoms with Gasteiger partial charge in [-0.1, -0.05) is 54.6 Å². The van der Waals surface area contributed by atoms with Crippen LogP contribution in [0.15, 0.2) is 78.9 Å². The highest BCUT2D eigenvalue weighted by Gasteiger charge is 2.15. The summed E-state index contributed by atoms with van der Waals surface area (Å²) in [5.41, 5.74) is 11.0. The number of carbonyl (C=O) groups is 1. The van der Waals surface area contributed by atoms with Gasteiger partial charge >= 0.3 is 5.97 Å². The first-order valence-electron chi connectivity index (χ1n) is 11.3. The molecule has 0 spiro atoms. The van der Waals surface area contributed by atoms with E-state index >= 15 is 0 Å². The van der Waals surface area contributed by atoms with Crippen LogP contribution in [0.2, 0.25) is 0 Å². The first-order valence-corrected chi connectivity index (χ1v) is 11.9. The molecule has 178 valence electrons. The molecule has 0 radical (unpaired) electrons. The van der Waals surface area contributed by atoms with Gasteiger partial charge in [0.25, 0.3) is 0 Å². The van der Waals surface area contributed by atoms with Gasteiger partial charge in [-0.25, -0.2) is 4.79 Å². The maximum atomic E-state index is 11.9. The number of hydrogen-bond donors (Lipinski definition) is 2. The molecule has 3 rings (SSSR count). The average Bonchev–Trinajstić information content (AvgIpc) is 2.86. The molecule has 0 fully saturated rings. The van der Waals surface area contributed by atoms with Crippen molar-refractivity contribution in [2.24, 2.45) is 5.73 Å². The molecule has 0 aromatic heterocycles. The molecule has 3 aromatic rings. The van der Waals surface area contributed by atoms with E-state index in [4.69, 9.17) is 26.8 Å². The van der Waals surface area contributed by atoms with Gasteiger partial charge in [0.1, 0.15) is 24.1 Å². The molecule has 0 saturated carbocycles. The summed E-state index contributed by atoms with van der Waals surface area (Å²) < 4.78 is 11.1. The van der Waals surface area contributed by atoms with Crippen LogP contribution >= 0.6 is 11.6 Å². The third-order valence-electron chi connectivity index (χ3n) is 5.27. The number of esters is 1. The highest BCUT2D eigenvalue weighted by molar-refractivity contribution is 6.18. The van der Waals surface area contributed by atoms with Crippen molar-refractivity contribution >= 4 is 28.7 Å². The number of ether oxygens (including phenoxy) is 2. The normalized spacial score (nSPS) is 12.6. The molecule has 0 heterocycles. The Kier molecular flexibility index (Phi) is 9.71. The number of nitrogens with two attached hydrogens (primary N) is 1. The molecule has 0 amide bonds. The Morgan fingerprint density at radius 1 is 0.912 bits per heavy atom. The number of hydrogen-bond acceptors (Lipinski definition) is 5. The minimum absolute atomic E-state index is 0.456. The quantitative estimate of drug-likeness (QED) is 0.131. The predicted octanol–water partition coefficient (Wildman–Crippen LogP) is 5.13. The van der Waals surface area contributed by atoms with Crippen molar-refractivity contribution in [2.75, 3.05) is 26.1 Å². The molecular formula is C28H31ClN2O3. The summed E-state index contributed by atoms with van der Waals surface area (Å²) in [7, 11) is 1.90. The number of rotatable bonds is 11. The summed E-state index contributed by atoms with van der Waals surface area (Å²) in [4.78, 5) is 11.9. The zero-order valence-corrected chi connectivity index (χ0v) is 20.3. The lowest BCUT2D eigenvalue weighted by atomic mass is 9.88. The molecule has 1 atom stereocenters. The molecule has 5 nitrogen and oxygen atoms in total. The maximum absolute atomic E-state index is 11.9. The highest BCUT2D eigenvalue weighted by Crippen LogP contribution is 2.36. The third kappa shape index (κ3) is 6.94. The molecular weight excluding hydrogens is 448 g/mol. The monoisotopic (exact) mass is 478 g/mol. The molecule has 0 unspecified atom stereocenters. The number of carbonyl (C=O) groups excluding carboxylic acids is 1. The number of benzene rings is 3. The van der Waals surface area contributed by atoms with Crippen molar-refractivity contribution in [2.45, 2.75) is 19.4 Å². The van der Waals surface area contributed by atoms with E-state index < -0.39 is 12.0 Å². The predicted molar refractivity (Wildman–Crippen MR) is 139 cm³/mol. The molecule has 0 aliphatic rings. The van der Waals surface area contributed by atoms with Crippen molar-refractivity contribution < 1.29 is 14.3 Å². The van der Waals surface area contributed by atoms with E-state index in [9.17, 15) is 4.79 Å². The second-order valence-electron chi connectivity index (χ2n) is 7.87. The van der Waals surface area contributed by atoms with Crippen LogP contribution in [-0.2, 0) is 4.79 Å². The fourth-order valence-electron chi connectivity index (χ4n) is 3.55. The Morgan fingerprint density at radius 3 is 2.03 bits per heavy atom. The lowest BCUT2D eigenvalue weighted by Crippen LogP contribution is -2.30. The Hall–Kier alpha value is -3.12. The van der Waals surface area contributed by atoms with Crippen LogP contribution in [0.5, 0.6) is 11.5 Å². The largest absolute Gasteiger partial charge is 0.492 e. The number of nitrogens with one attached hydrogen (secondary N) is 1. The summed E-state index contributed by atoms with van der Waals surface area (Å²) in [6.07, 6.45) is 0.697. The second kappa shape index (κ2) is 12.9. The van der Waals surface area contributed by atoms with Crippen LogP contribution in [0, 0.1) is 0 Å². The SMILES string of the molecule is CNCCOc1ccc(/C(=C(/CCCl)c2ccccc2)c2ccc(OC(=O)[C@H](C)N)cc2)cc1. The minimum Gasteiger partial charge on any atom is -0.492 e. The Balaban J connectivity index is 2.04. The zero-order valence-electron chi connectivity index (χ0n) is 19.6. The van der Waals surface area contributed by atoms with E-state index in [1.165, 1.54) is 0 Å². The van der Waals surface area contributed by atoms with Crippen molar-refractivity contribution in [3.63, 3.8) is 0 Å². The van der Waals surface area contributed by atoms with Crippen LogP contribution in [0.1, 0.15) is 30.0 Å². The summed E-state index contributed by atoms with van der Waals surface area (Å²) >= 11 is 6.24. The smallest absolute Gasteiger partial charge is 0.328 e. The summed E-state index contributed by atoms with van der Waals surface area (Å²) in [5, 5.41) is 3.08. The van der Waals surface area contributed by atoms with E-state index in [1.54, 1.807) is 19.1 Å². The molecule has 0 aliphatic carbocycles. The molecule has 0 aliphatic heterocycles. The van der Waals surface area contributed by atoms with Crippen molar-refractivity contribution in [3.8, 4) is 11.5 Å². The summed E-state index contributed by atoms with van der Waals surface area (Å²) in [5.74, 6) is 1.29. The second-order valence-corrected chi connectivity index (χ2v) is 8.25. The lowest BCUT2D eigenvalue weighted by Gasteiger charge is -2.18. The van der Waals surface area contributed by atoms with Crippen molar-refractivity contribution in [1.29, 1.82) is 0 Å². The molecule has 6 heteroatoms. The maximum Gasteiger partial charge on any atom is 0.328 e. The van der Waals surface area contributed by atoms with Gasteiger partial charge < -0.3 is 20.5 Å². The van der Waals surface area contributed by atoms with Gasteiger partial charge in [-0.3, -0.25) is 0 Å². The van der Waals surface area contributed by atoms with E-state index in [0.717, 1.165) is 40.1 Å². The van der Waals surface area contributed by atoms with E-state index in [1.807, 2.05) is 49.5 Å². The first-order chi connectivity index (χ1) is 16.5. The van der Waals surface area contributed by atoms with Gasteiger partial charge in [0.05, 0.1) is 0 Å². The highest BCUT2D eigenvalue weighted by atomic mass is 35.5. The fraction of sp³-hybridized carbons (Fsp3) is 0.250. The van der Waals surface area contributed by atoms with E-state index in [2.05, 4.69) is 29.6 Å². The van der Waals surface area contributed by atoms with Crippen LogP contribution in [-0.4, -0.2) is 38.1 Å². The molecule has 3 aromatic carbocycles. The average molecular weight is 479 g/mol. The van der Waals surface area contributed by atoms with Gasteiger partial charge in [0.2, 0.25) is 0 Å². The Bertz CT molecular complexity index is 1080. The third-order valence-corrected chi connectivity index (χ3v) is 5.45. The lowest BCUT2D eigenvalue weighted by molar-refractivity contribution is -0.135. The summed E-state index contributed by atoms with van der Waals surface area (Å²) in [6.45, 7) is 2.98. The Morgan fingerprint density at radius 2 is 1.50 bits per heavy atom. The molecule has 34 heavy (non-hydrogen) atoms. The van der Waals surface area contributed by atoms with Crippen LogP contribution in [0.3, 0.4) is 0 Å². The summed E-state index contributed by atoms with van der Waals surface area (Å²) in [6, 6.07) is 25.1. The first kappa shape index (κ1) is 25.5. The fourth-order valence-corrected chi connectivity index (χ4v) is 3.74. The zero-order chi connectivity index (χ0) is 24.3. The van der Waals surface area contributed by atoms with Gasteiger partial charge in [-0.05, 0) is 72.5 Å². The van der Waals surface area contributed by atoms with Gasteiger partial charge in [-0.2, -0.15) is 0 Å². The Labute approximate surface area is 206 Å². The molecule has 0 bridgehead atoms. The number of alkyl halides is 1. The topological polar surface area (TPSA) is 73.6 Å². The van der Waals surface area contributed by atoms with Gasteiger partial charge in [-0.15, -0.1) is 11.6 Å². The number of allylic oxidation sites excluding steroid dienone is 1. The van der Waals surface area contributed by atoms with Crippen molar-refractivity contribution in [3.05, 3.63) is 95.6 Å².